The lowest BCUT2D eigenvalue weighted by molar-refractivity contribution is -0.0399. The van der Waals surface area contributed by atoms with Gasteiger partial charge in [-0.3, -0.25) is 0 Å². The molecule has 8 aromatic rings. The monoisotopic (exact) mass is 654 g/mol. The largest absolute Gasteiger partial charge is 0.455 e. The molecule has 4 saturated carbocycles. The number of fused-ring (bicyclic) bond motifs is 7. The Balaban J connectivity index is 1.12. The molecule has 1 aromatic heterocycles. The highest BCUT2D eigenvalue weighted by Crippen LogP contribution is 2.70. The molecule has 5 aliphatic rings. The zero-order valence-corrected chi connectivity index (χ0v) is 28.6. The van der Waals surface area contributed by atoms with Crippen molar-refractivity contribution in [2.75, 3.05) is 0 Å². The maximum atomic E-state index is 6.94. The van der Waals surface area contributed by atoms with Crippen LogP contribution < -0.4 is 0 Å². The Kier molecular flexibility index (Phi) is 5.73. The predicted octanol–water partition coefficient (Wildman–Crippen LogP) is 13.5. The first-order valence-electron chi connectivity index (χ1n) is 19.0. The first kappa shape index (κ1) is 28.3. The standard InChI is InChI=1S/C50H38O/c1-2-11-32(12-3-1)35-21-22-38(37-14-5-4-13-36(35)37)41-24-23-40(48-43-16-7-9-20-46(43)51-49(41)48)39-17-10-19-45-47(39)42-15-6-8-18-44(42)50(45)33-26-30-25-31(28-33)29-34(50)27-30/h1-24,30-31,33-34H,25-29H2. The molecule has 4 fully saturated rings. The number of furan rings is 1. The van der Waals surface area contributed by atoms with Crippen molar-refractivity contribution < 1.29 is 4.42 Å². The van der Waals surface area contributed by atoms with Crippen LogP contribution in [0.2, 0.25) is 0 Å². The molecule has 0 unspecified atom stereocenters. The molecule has 0 aliphatic heterocycles. The molecule has 4 bridgehead atoms. The van der Waals surface area contributed by atoms with Gasteiger partial charge in [-0.25, -0.2) is 0 Å². The van der Waals surface area contributed by atoms with Gasteiger partial charge < -0.3 is 4.42 Å². The summed E-state index contributed by atoms with van der Waals surface area (Å²) in [7, 11) is 0. The fourth-order valence-corrected chi connectivity index (χ4v) is 12.1. The van der Waals surface area contributed by atoms with Gasteiger partial charge in [-0.1, -0.05) is 133 Å². The van der Waals surface area contributed by atoms with E-state index in [2.05, 4.69) is 146 Å². The summed E-state index contributed by atoms with van der Waals surface area (Å²) in [5, 5.41) is 4.90. The van der Waals surface area contributed by atoms with Crippen LogP contribution in [0.5, 0.6) is 0 Å². The van der Waals surface area contributed by atoms with E-state index >= 15 is 0 Å². The number of rotatable bonds is 3. The summed E-state index contributed by atoms with van der Waals surface area (Å²) in [6, 6.07) is 54.3. The zero-order valence-electron chi connectivity index (χ0n) is 28.6. The first-order valence-corrected chi connectivity index (χ1v) is 19.0. The van der Waals surface area contributed by atoms with Crippen LogP contribution in [-0.2, 0) is 5.41 Å². The van der Waals surface area contributed by atoms with Crippen LogP contribution in [-0.4, -0.2) is 0 Å². The Morgan fingerprint density at radius 1 is 0.412 bits per heavy atom. The van der Waals surface area contributed by atoms with Gasteiger partial charge in [0.25, 0.3) is 0 Å². The van der Waals surface area contributed by atoms with Crippen molar-refractivity contribution in [3.05, 3.63) is 157 Å². The van der Waals surface area contributed by atoms with Gasteiger partial charge in [-0.05, 0) is 129 Å². The maximum absolute atomic E-state index is 6.94. The fourth-order valence-electron chi connectivity index (χ4n) is 12.1. The number of hydrogen-bond acceptors (Lipinski definition) is 1. The minimum absolute atomic E-state index is 0.145. The highest BCUT2D eigenvalue weighted by Gasteiger charge is 2.61. The summed E-state index contributed by atoms with van der Waals surface area (Å²) in [6.45, 7) is 0. The van der Waals surface area contributed by atoms with Gasteiger partial charge in [-0.2, -0.15) is 0 Å². The summed E-state index contributed by atoms with van der Waals surface area (Å²) >= 11 is 0. The SMILES string of the molecule is c1ccc(-c2ccc(-c3ccc(-c4cccc5c4-c4ccccc4C54C5CC6CC(C5)CC4C6)c4c3oc3ccccc34)c3ccccc23)cc1. The molecule has 0 radical (unpaired) electrons. The van der Waals surface area contributed by atoms with E-state index in [1.165, 1.54) is 92.6 Å². The molecule has 1 spiro atoms. The topological polar surface area (TPSA) is 13.1 Å². The Hall–Kier alpha value is -5.40. The quantitative estimate of drug-likeness (QED) is 0.185. The van der Waals surface area contributed by atoms with Gasteiger partial charge in [0.2, 0.25) is 0 Å². The van der Waals surface area contributed by atoms with E-state index in [1.54, 1.807) is 11.1 Å². The van der Waals surface area contributed by atoms with Crippen molar-refractivity contribution in [1.29, 1.82) is 0 Å². The van der Waals surface area contributed by atoms with Gasteiger partial charge >= 0.3 is 0 Å². The van der Waals surface area contributed by atoms with E-state index in [4.69, 9.17) is 4.42 Å². The molecule has 0 N–H and O–H groups in total. The molecular weight excluding hydrogens is 617 g/mol. The van der Waals surface area contributed by atoms with Crippen molar-refractivity contribution in [3.8, 4) is 44.5 Å². The van der Waals surface area contributed by atoms with Gasteiger partial charge in [0.1, 0.15) is 11.2 Å². The second-order valence-electron chi connectivity index (χ2n) is 16.0. The third-order valence-corrected chi connectivity index (χ3v) is 13.7. The molecule has 1 heterocycles. The predicted molar refractivity (Wildman–Crippen MR) is 211 cm³/mol. The van der Waals surface area contributed by atoms with E-state index < -0.39 is 0 Å². The Morgan fingerprint density at radius 3 is 1.80 bits per heavy atom. The Labute approximate surface area is 298 Å². The van der Waals surface area contributed by atoms with Crippen molar-refractivity contribution in [1.82, 2.24) is 0 Å². The normalized spacial score (nSPS) is 24.2. The van der Waals surface area contributed by atoms with Gasteiger partial charge in [0, 0.05) is 21.8 Å². The summed E-state index contributed by atoms with van der Waals surface area (Å²) in [6.07, 6.45) is 7.06. The third-order valence-electron chi connectivity index (χ3n) is 13.7. The highest BCUT2D eigenvalue weighted by molar-refractivity contribution is 6.19. The van der Waals surface area contributed by atoms with Crippen molar-refractivity contribution in [3.63, 3.8) is 0 Å². The highest BCUT2D eigenvalue weighted by atomic mass is 16.3. The van der Waals surface area contributed by atoms with E-state index in [0.717, 1.165) is 40.4 Å². The summed E-state index contributed by atoms with van der Waals surface area (Å²) < 4.78 is 6.94. The molecule has 1 heteroatoms. The fraction of sp³-hybridized carbons (Fsp3) is 0.200. The average molecular weight is 655 g/mol. The molecule has 51 heavy (non-hydrogen) atoms. The number of para-hydroxylation sites is 1. The van der Waals surface area contributed by atoms with Crippen LogP contribution >= 0.6 is 0 Å². The molecular formula is C50H38O. The van der Waals surface area contributed by atoms with Crippen LogP contribution in [0.3, 0.4) is 0 Å². The van der Waals surface area contributed by atoms with Crippen LogP contribution in [0.1, 0.15) is 43.2 Å². The van der Waals surface area contributed by atoms with Gasteiger partial charge in [0.15, 0.2) is 0 Å². The van der Waals surface area contributed by atoms with E-state index in [9.17, 15) is 0 Å². The Bertz CT molecular complexity index is 2680. The molecule has 7 aromatic carbocycles. The smallest absolute Gasteiger partial charge is 0.143 e. The van der Waals surface area contributed by atoms with Crippen LogP contribution in [0.4, 0.5) is 0 Å². The van der Waals surface area contributed by atoms with Gasteiger partial charge in [0.05, 0.1) is 0 Å². The molecule has 13 rings (SSSR count). The Morgan fingerprint density at radius 2 is 1.00 bits per heavy atom. The molecule has 0 saturated heterocycles. The number of benzene rings is 7. The first-order chi connectivity index (χ1) is 25.3. The molecule has 0 amide bonds. The second-order valence-corrected chi connectivity index (χ2v) is 16.0. The van der Waals surface area contributed by atoms with Crippen molar-refractivity contribution in [2.45, 2.75) is 37.5 Å². The van der Waals surface area contributed by atoms with E-state index in [0.29, 0.717) is 0 Å². The lowest BCUT2D eigenvalue weighted by Crippen LogP contribution is -2.55. The third kappa shape index (κ3) is 3.72. The van der Waals surface area contributed by atoms with E-state index in [-0.39, 0.29) is 5.41 Å². The van der Waals surface area contributed by atoms with Crippen LogP contribution in [0, 0.1) is 23.7 Å². The minimum atomic E-state index is 0.145. The van der Waals surface area contributed by atoms with E-state index in [1.807, 2.05) is 0 Å². The summed E-state index contributed by atoms with van der Waals surface area (Å²) in [5.74, 6) is 3.35. The van der Waals surface area contributed by atoms with Crippen molar-refractivity contribution >= 4 is 32.7 Å². The lowest BCUT2D eigenvalue weighted by Gasteiger charge is -2.61. The van der Waals surface area contributed by atoms with Gasteiger partial charge in [-0.15, -0.1) is 0 Å². The number of hydrogen-bond donors (Lipinski definition) is 0. The lowest BCUT2D eigenvalue weighted by atomic mass is 9.43. The maximum Gasteiger partial charge on any atom is 0.143 e. The average Bonchev–Trinajstić information content (AvgIpc) is 3.71. The van der Waals surface area contributed by atoms with Crippen LogP contribution in [0.25, 0.3) is 77.2 Å². The minimum Gasteiger partial charge on any atom is -0.455 e. The second kappa shape index (κ2) is 10.3. The molecule has 5 aliphatic carbocycles. The summed E-state index contributed by atoms with van der Waals surface area (Å²) in [5.41, 5.74) is 15.7. The molecule has 0 atom stereocenters. The molecule has 244 valence electrons. The summed E-state index contributed by atoms with van der Waals surface area (Å²) in [4.78, 5) is 0. The van der Waals surface area contributed by atoms with Crippen LogP contribution in [0.15, 0.2) is 150 Å². The molecule has 1 nitrogen and oxygen atoms in total. The van der Waals surface area contributed by atoms with Crippen molar-refractivity contribution in [2.24, 2.45) is 23.7 Å². The zero-order chi connectivity index (χ0) is 33.3.